The van der Waals surface area contributed by atoms with Crippen molar-refractivity contribution in [2.75, 3.05) is 38.2 Å². The molecule has 1 aromatic heterocycles. The van der Waals surface area contributed by atoms with Crippen LogP contribution in [0.5, 0.6) is 0 Å². The molecule has 0 aliphatic carbocycles. The summed E-state index contributed by atoms with van der Waals surface area (Å²) in [5, 5.41) is 12.7. The number of hydrogen-bond acceptors (Lipinski definition) is 6. The highest BCUT2D eigenvalue weighted by atomic mass is 32.1. The normalized spacial score (nSPS) is 10.8. The van der Waals surface area contributed by atoms with Crippen LogP contribution in [0, 0.1) is 6.92 Å². The van der Waals surface area contributed by atoms with Gasteiger partial charge in [0.25, 0.3) is 0 Å². The molecular formula is C20H26N2O4S. The number of aryl methyl sites for hydroxylation is 1. The number of thiophene rings is 1. The highest BCUT2D eigenvalue weighted by Crippen LogP contribution is 2.27. The van der Waals surface area contributed by atoms with Crippen LogP contribution < -0.4 is 5.32 Å². The summed E-state index contributed by atoms with van der Waals surface area (Å²) in [6.07, 6.45) is 0.805. The van der Waals surface area contributed by atoms with E-state index in [1.807, 2.05) is 42.2 Å². The predicted molar refractivity (Wildman–Crippen MR) is 107 cm³/mol. The Bertz CT molecular complexity index is 746. The third kappa shape index (κ3) is 6.78. The third-order valence-corrected chi connectivity index (χ3v) is 5.12. The van der Waals surface area contributed by atoms with Gasteiger partial charge < -0.3 is 15.2 Å². The van der Waals surface area contributed by atoms with E-state index in [9.17, 15) is 14.7 Å². The lowest BCUT2D eigenvalue weighted by Crippen LogP contribution is -2.36. The van der Waals surface area contributed by atoms with Crippen molar-refractivity contribution >= 4 is 28.2 Å². The Kier molecular flexibility index (Phi) is 8.44. The molecule has 0 spiro atoms. The lowest BCUT2D eigenvalue weighted by molar-refractivity contribution is -0.117. The van der Waals surface area contributed by atoms with Gasteiger partial charge in [-0.15, -0.1) is 11.3 Å². The molecule has 27 heavy (non-hydrogen) atoms. The molecule has 2 N–H and O–H groups in total. The summed E-state index contributed by atoms with van der Waals surface area (Å²) in [6.45, 7) is 5.17. The average molecular weight is 391 g/mol. The molecule has 7 heteroatoms. The minimum Gasteiger partial charge on any atom is -0.462 e. The molecule has 0 aliphatic rings. The first kappa shape index (κ1) is 21.1. The van der Waals surface area contributed by atoms with E-state index in [1.165, 1.54) is 16.9 Å². The maximum Gasteiger partial charge on any atom is 0.348 e. The fraction of sp³-hybridized carbons (Fsp3) is 0.400. The van der Waals surface area contributed by atoms with Crippen LogP contribution in [-0.2, 0) is 16.0 Å². The summed E-state index contributed by atoms with van der Waals surface area (Å²) in [7, 11) is 0. The molecule has 0 radical (unpaired) electrons. The molecule has 0 aliphatic heterocycles. The van der Waals surface area contributed by atoms with Crippen molar-refractivity contribution < 1.29 is 19.4 Å². The maximum atomic E-state index is 12.4. The summed E-state index contributed by atoms with van der Waals surface area (Å²) < 4.78 is 5.02. The number of amides is 1. The molecule has 1 heterocycles. The summed E-state index contributed by atoms with van der Waals surface area (Å²) in [6, 6.07) is 11.8. The lowest BCUT2D eigenvalue weighted by Gasteiger charge is -2.20. The van der Waals surface area contributed by atoms with Gasteiger partial charge in [0, 0.05) is 13.1 Å². The van der Waals surface area contributed by atoms with Crippen molar-refractivity contribution in [1.82, 2.24) is 4.90 Å². The van der Waals surface area contributed by atoms with Crippen LogP contribution in [0.15, 0.2) is 36.4 Å². The number of nitrogens with one attached hydrogen (secondary N) is 1. The minimum atomic E-state index is -0.370. The van der Waals surface area contributed by atoms with Crippen LogP contribution >= 0.6 is 11.3 Å². The largest absolute Gasteiger partial charge is 0.462 e. The van der Waals surface area contributed by atoms with Crippen LogP contribution in [0.2, 0.25) is 0 Å². The van der Waals surface area contributed by atoms with Crippen molar-refractivity contribution in [3.05, 3.63) is 52.4 Å². The van der Waals surface area contributed by atoms with E-state index in [0.29, 0.717) is 29.6 Å². The molecule has 0 saturated carbocycles. The number of hydrogen-bond donors (Lipinski definition) is 2. The van der Waals surface area contributed by atoms with Crippen LogP contribution in [0.25, 0.3) is 0 Å². The van der Waals surface area contributed by atoms with Crippen molar-refractivity contribution in [2.45, 2.75) is 20.3 Å². The van der Waals surface area contributed by atoms with E-state index in [0.717, 1.165) is 12.0 Å². The van der Waals surface area contributed by atoms with Crippen molar-refractivity contribution in [2.24, 2.45) is 0 Å². The zero-order valence-electron chi connectivity index (χ0n) is 15.7. The molecule has 146 valence electrons. The van der Waals surface area contributed by atoms with Crippen LogP contribution in [-0.4, -0.2) is 54.7 Å². The Morgan fingerprint density at radius 1 is 1.22 bits per heavy atom. The molecule has 0 unspecified atom stereocenters. The molecule has 2 aromatic rings. The quantitative estimate of drug-likeness (QED) is 0.610. The van der Waals surface area contributed by atoms with E-state index in [4.69, 9.17) is 4.74 Å². The highest BCUT2D eigenvalue weighted by Gasteiger charge is 2.17. The summed E-state index contributed by atoms with van der Waals surface area (Å²) in [4.78, 5) is 26.7. The second kappa shape index (κ2) is 10.8. The molecule has 6 nitrogen and oxygen atoms in total. The van der Waals surface area contributed by atoms with Gasteiger partial charge in [-0.2, -0.15) is 0 Å². The van der Waals surface area contributed by atoms with Gasteiger partial charge in [0.2, 0.25) is 5.91 Å². The van der Waals surface area contributed by atoms with Gasteiger partial charge in [0.05, 0.1) is 24.8 Å². The molecule has 2 rings (SSSR count). The Labute approximate surface area is 163 Å². The van der Waals surface area contributed by atoms with Gasteiger partial charge in [0.1, 0.15) is 4.88 Å². The van der Waals surface area contributed by atoms with Gasteiger partial charge in [0.15, 0.2) is 0 Å². The first-order valence-electron chi connectivity index (χ1n) is 8.98. The number of nitrogens with zero attached hydrogens (tertiary/aromatic N) is 1. The Morgan fingerprint density at radius 3 is 2.63 bits per heavy atom. The molecule has 0 bridgehead atoms. The molecule has 1 aromatic carbocycles. The smallest absolute Gasteiger partial charge is 0.348 e. The fourth-order valence-corrected chi connectivity index (χ4v) is 3.65. The number of esters is 1. The average Bonchev–Trinajstić information content (AvgIpc) is 3.01. The van der Waals surface area contributed by atoms with Crippen molar-refractivity contribution in [3.8, 4) is 0 Å². The van der Waals surface area contributed by atoms with Gasteiger partial charge in [-0.05, 0) is 37.5 Å². The van der Waals surface area contributed by atoms with Gasteiger partial charge >= 0.3 is 5.97 Å². The van der Waals surface area contributed by atoms with Crippen molar-refractivity contribution in [3.63, 3.8) is 0 Å². The minimum absolute atomic E-state index is 0.00676. The van der Waals surface area contributed by atoms with E-state index >= 15 is 0 Å². The predicted octanol–water partition coefficient (Wildman–Crippen LogP) is 2.71. The van der Waals surface area contributed by atoms with Crippen LogP contribution in [0.1, 0.15) is 27.7 Å². The number of anilines is 1. The number of aliphatic hydroxyl groups excluding tert-OH is 1. The SMILES string of the molecule is CCOC(=O)c1sc(NC(=O)CN(CCO)CCc2ccccc2)cc1C. The number of ether oxygens (including phenoxy) is 1. The Balaban J connectivity index is 1.91. The Hall–Kier alpha value is -2.22. The third-order valence-electron chi connectivity index (χ3n) is 3.98. The number of carbonyl (C=O) groups excluding carboxylic acids is 2. The standard InChI is InChI=1S/C20H26N2O4S/c1-3-26-20(25)19-15(2)13-18(27-19)21-17(24)14-22(11-12-23)10-9-16-7-5-4-6-8-16/h4-8,13,23H,3,9-12,14H2,1-2H3,(H,21,24). The first-order chi connectivity index (χ1) is 13.0. The molecule has 0 saturated heterocycles. The van der Waals surface area contributed by atoms with Crippen LogP contribution in [0.4, 0.5) is 5.00 Å². The number of rotatable bonds is 10. The summed E-state index contributed by atoms with van der Waals surface area (Å²) in [5.74, 6) is -0.543. The second-order valence-corrected chi connectivity index (χ2v) is 7.18. The Morgan fingerprint density at radius 2 is 1.96 bits per heavy atom. The molecular weight excluding hydrogens is 364 g/mol. The van der Waals surface area contributed by atoms with E-state index in [1.54, 1.807) is 13.0 Å². The van der Waals surface area contributed by atoms with Gasteiger partial charge in [-0.1, -0.05) is 30.3 Å². The van der Waals surface area contributed by atoms with E-state index in [2.05, 4.69) is 5.32 Å². The zero-order chi connectivity index (χ0) is 19.6. The lowest BCUT2D eigenvalue weighted by atomic mass is 10.1. The summed E-state index contributed by atoms with van der Waals surface area (Å²) in [5.41, 5.74) is 1.97. The molecule has 1 amide bonds. The monoisotopic (exact) mass is 390 g/mol. The van der Waals surface area contributed by atoms with Gasteiger partial charge in [-0.3, -0.25) is 9.69 Å². The second-order valence-electron chi connectivity index (χ2n) is 6.13. The first-order valence-corrected chi connectivity index (χ1v) is 9.79. The number of benzene rings is 1. The van der Waals surface area contributed by atoms with E-state index < -0.39 is 0 Å². The van der Waals surface area contributed by atoms with Gasteiger partial charge in [-0.25, -0.2) is 4.79 Å². The number of carbonyl (C=O) groups is 2. The van der Waals surface area contributed by atoms with E-state index in [-0.39, 0.29) is 25.0 Å². The zero-order valence-corrected chi connectivity index (χ0v) is 16.6. The van der Waals surface area contributed by atoms with Crippen LogP contribution in [0.3, 0.4) is 0 Å². The highest BCUT2D eigenvalue weighted by molar-refractivity contribution is 7.18. The summed E-state index contributed by atoms with van der Waals surface area (Å²) >= 11 is 1.21. The number of aliphatic hydroxyl groups is 1. The molecule has 0 atom stereocenters. The van der Waals surface area contributed by atoms with Crippen molar-refractivity contribution in [1.29, 1.82) is 0 Å². The topological polar surface area (TPSA) is 78.9 Å². The maximum absolute atomic E-state index is 12.4. The fourth-order valence-electron chi connectivity index (χ4n) is 2.67. The molecule has 0 fully saturated rings.